The van der Waals surface area contributed by atoms with Crippen LogP contribution in [0.15, 0.2) is 0 Å². The van der Waals surface area contributed by atoms with Gasteiger partial charge in [0.15, 0.2) is 0 Å². The second kappa shape index (κ2) is 4.52. The summed E-state index contributed by atoms with van der Waals surface area (Å²) in [6.07, 6.45) is 0. The van der Waals surface area contributed by atoms with Crippen LogP contribution in [-0.2, 0) is 0 Å². The molecular formula is C3H11AsO. The largest absolute Gasteiger partial charge is 0.412 e. The molecule has 34 valence electrons. The van der Waals surface area contributed by atoms with Crippen molar-refractivity contribution >= 4 is 14.7 Å². The van der Waals surface area contributed by atoms with Crippen LogP contribution in [0.25, 0.3) is 0 Å². The zero-order valence-corrected chi connectivity index (χ0v) is 5.82. The van der Waals surface area contributed by atoms with Gasteiger partial charge in [-0.3, -0.25) is 0 Å². The maximum Gasteiger partial charge on any atom is -0.412 e. The Kier molecular flexibility index (Phi) is 8.22. The van der Waals surface area contributed by atoms with Crippen LogP contribution >= 0.6 is 0 Å². The van der Waals surface area contributed by atoms with Gasteiger partial charge in [-0.05, 0) is 0 Å². The fraction of sp³-hybridized carbons (Fsp3) is 1.00. The van der Waals surface area contributed by atoms with E-state index in [1.807, 2.05) is 0 Å². The summed E-state index contributed by atoms with van der Waals surface area (Å²) in [5, 5.41) is 0. The fourth-order valence-electron chi connectivity index (χ4n) is 0. The third-order valence-electron chi connectivity index (χ3n) is 0. The van der Waals surface area contributed by atoms with Crippen molar-refractivity contribution in [2.45, 2.75) is 17.1 Å². The zero-order chi connectivity index (χ0) is 3.58. The Morgan fingerprint density at radius 1 is 1.00 bits per heavy atom. The molecule has 0 aliphatic rings. The van der Waals surface area contributed by atoms with E-state index in [-0.39, 0.29) is 20.1 Å². The predicted molar refractivity (Wildman–Crippen MR) is 27.0 cm³/mol. The Hall–Kier alpha value is 0.518. The van der Waals surface area contributed by atoms with Gasteiger partial charge in [-0.25, -0.2) is 0 Å². The molecule has 0 rings (SSSR count). The molecule has 0 fully saturated rings. The van der Waals surface area contributed by atoms with Gasteiger partial charge in [0.25, 0.3) is 0 Å². The number of hydrogen-bond donors (Lipinski definition) is 0. The predicted octanol–water partition coefficient (Wildman–Crippen LogP) is 0.546. The summed E-state index contributed by atoms with van der Waals surface area (Å²) in [7, 11) is 0. The molecule has 2 N–H and O–H groups in total. The van der Waals surface area contributed by atoms with Crippen LogP contribution in [-0.4, -0.2) is 20.1 Å². The minimum atomic E-state index is -0.188. The molecule has 1 nitrogen and oxygen atoms in total. The van der Waals surface area contributed by atoms with Crippen LogP contribution in [0.4, 0.5) is 0 Å². The Labute approximate surface area is 38.0 Å². The Balaban J connectivity index is 0. The minimum absolute atomic E-state index is 0. The van der Waals surface area contributed by atoms with Crippen molar-refractivity contribution in [1.82, 2.24) is 0 Å². The van der Waals surface area contributed by atoms with Crippen molar-refractivity contribution in [3.63, 3.8) is 0 Å². The van der Waals surface area contributed by atoms with Crippen LogP contribution in [0, 0.1) is 0 Å². The molecule has 0 aromatic rings. The van der Waals surface area contributed by atoms with E-state index in [1.165, 1.54) is 0 Å². The number of hydrogen-bond acceptors (Lipinski definition) is 0. The van der Waals surface area contributed by atoms with Gasteiger partial charge in [0.05, 0.1) is 0 Å². The molecule has 2 heteroatoms. The molecule has 0 aromatic carbocycles. The normalized spacial score (nSPS) is 7.20. The maximum absolute atomic E-state index is 2.31. The van der Waals surface area contributed by atoms with Gasteiger partial charge in [0.1, 0.15) is 0 Å². The van der Waals surface area contributed by atoms with Gasteiger partial charge >= 0.3 is 31.8 Å². The third kappa shape index (κ3) is 107. The molecule has 0 saturated carbocycles. The van der Waals surface area contributed by atoms with Gasteiger partial charge in [-0.1, -0.05) is 0 Å². The van der Waals surface area contributed by atoms with Crippen LogP contribution in [0.1, 0.15) is 0 Å². The van der Waals surface area contributed by atoms with E-state index < -0.39 is 0 Å². The third-order valence-corrected chi connectivity index (χ3v) is 0. The zero-order valence-electron chi connectivity index (χ0n) is 3.95. The first kappa shape index (κ1) is 9.10. The first-order chi connectivity index (χ1) is 1.73. The molecule has 0 aromatic heterocycles. The van der Waals surface area contributed by atoms with Crippen LogP contribution in [0.3, 0.4) is 0 Å². The molecule has 0 bridgehead atoms. The molecule has 0 radical (unpaired) electrons. The van der Waals surface area contributed by atoms with E-state index in [9.17, 15) is 0 Å². The molecule has 0 spiro atoms. The summed E-state index contributed by atoms with van der Waals surface area (Å²) in [6, 6.07) is 0. The molecule has 5 heavy (non-hydrogen) atoms. The van der Waals surface area contributed by atoms with E-state index in [0.29, 0.717) is 0 Å². The molecule has 0 unspecified atom stereocenters. The molecule has 0 aliphatic carbocycles. The second-order valence-corrected chi connectivity index (χ2v) is 6.97. The molecule has 0 saturated heterocycles. The Morgan fingerprint density at radius 3 is 1.00 bits per heavy atom. The smallest absolute Gasteiger partial charge is 0.412 e. The Morgan fingerprint density at radius 2 is 1.00 bits per heavy atom. The topological polar surface area (TPSA) is 31.5 Å². The van der Waals surface area contributed by atoms with Crippen LogP contribution in [0.2, 0.25) is 17.1 Å². The average Bonchev–Trinajstić information content (AvgIpc) is 0.811. The van der Waals surface area contributed by atoms with Crippen molar-refractivity contribution in [2.75, 3.05) is 0 Å². The van der Waals surface area contributed by atoms with Crippen molar-refractivity contribution in [1.29, 1.82) is 0 Å². The molecule has 0 heterocycles. The summed E-state index contributed by atoms with van der Waals surface area (Å²) >= 11 is -0.188. The van der Waals surface area contributed by atoms with E-state index in [2.05, 4.69) is 17.1 Å². The van der Waals surface area contributed by atoms with Gasteiger partial charge in [0, 0.05) is 0 Å². The van der Waals surface area contributed by atoms with E-state index in [4.69, 9.17) is 0 Å². The van der Waals surface area contributed by atoms with Gasteiger partial charge in [-0.15, -0.1) is 0 Å². The Bertz CT molecular complexity index is 11.6. The first-order valence-corrected chi connectivity index (χ1v) is 6.97. The summed E-state index contributed by atoms with van der Waals surface area (Å²) in [6.45, 7) is 0. The van der Waals surface area contributed by atoms with Gasteiger partial charge in [-0.2, -0.15) is 0 Å². The first-order valence-electron chi connectivity index (χ1n) is 1.34. The molecule has 0 atom stereocenters. The van der Waals surface area contributed by atoms with Crippen molar-refractivity contribution < 1.29 is 5.48 Å². The minimum Gasteiger partial charge on any atom is -0.412 e. The van der Waals surface area contributed by atoms with Crippen molar-refractivity contribution in [3.05, 3.63) is 0 Å². The molecule has 0 amide bonds. The van der Waals surface area contributed by atoms with Crippen LogP contribution in [0.5, 0.6) is 0 Å². The molecular weight excluding hydrogens is 127 g/mol. The second-order valence-electron chi connectivity index (χ2n) is 1.34. The summed E-state index contributed by atoms with van der Waals surface area (Å²) in [4.78, 5) is 0. The van der Waals surface area contributed by atoms with E-state index >= 15 is 0 Å². The SMILES string of the molecule is C[As](C)C.O. The summed E-state index contributed by atoms with van der Waals surface area (Å²) < 4.78 is 0. The van der Waals surface area contributed by atoms with Crippen LogP contribution < -0.4 is 0 Å². The van der Waals surface area contributed by atoms with Gasteiger partial charge < -0.3 is 5.48 Å². The van der Waals surface area contributed by atoms with E-state index in [0.717, 1.165) is 0 Å². The summed E-state index contributed by atoms with van der Waals surface area (Å²) in [5.41, 5.74) is 6.94. The average molecular weight is 138 g/mol. The fourth-order valence-corrected chi connectivity index (χ4v) is 0. The maximum atomic E-state index is 2.31. The van der Waals surface area contributed by atoms with E-state index in [1.54, 1.807) is 0 Å². The monoisotopic (exact) mass is 138 g/mol. The van der Waals surface area contributed by atoms with Crippen molar-refractivity contribution in [2.24, 2.45) is 0 Å². The summed E-state index contributed by atoms with van der Waals surface area (Å²) in [5.74, 6) is 0. The number of rotatable bonds is 0. The van der Waals surface area contributed by atoms with Crippen molar-refractivity contribution in [3.8, 4) is 0 Å². The van der Waals surface area contributed by atoms with Gasteiger partial charge in [0.2, 0.25) is 0 Å². The standard InChI is InChI=1S/C3H9As.H2O/c1-4(2)3;/h1-3H3;1H2. The molecule has 0 aliphatic heterocycles. The quantitative estimate of drug-likeness (QED) is 0.437.